The number of hydrogen-bond acceptors (Lipinski definition) is 3. The van der Waals surface area contributed by atoms with Gasteiger partial charge < -0.3 is 14.8 Å². The first-order chi connectivity index (χ1) is 8.81. The quantitative estimate of drug-likeness (QED) is 0.688. The predicted molar refractivity (Wildman–Crippen MR) is 74.9 cm³/mol. The summed E-state index contributed by atoms with van der Waals surface area (Å²) in [5, 5.41) is 3.26. The standard InChI is InChI=1S/C14H16BrNO2/c1-2-3-5-16-10-11-8-12(15)14-13(9-11)17-6-4-7-18-14/h8-9,16H,4-7,10H2,1H3. The smallest absolute Gasteiger partial charge is 0.175 e. The zero-order valence-corrected chi connectivity index (χ0v) is 12.0. The van der Waals surface area contributed by atoms with Gasteiger partial charge in [0.15, 0.2) is 11.5 Å². The second-order valence-electron chi connectivity index (χ2n) is 3.99. The first-order valence-corrected chi connectivity index (χ1v) is 6.79. The maximum atomic E-state index is 5.69. The molecule has 0 bridgehead atoms. The minimum Gasteiger partial charge on any atom is -0.490 e. The lowest BCUT2D eigenvalue weighted by Crippen LogP contribution is -2.13. The molecule has 1 heterocycles. The normalized spacial score (nSPS) is 13.4. The molecule has 0 aliphatic carbocycles. The monoisotopic (exact) mass is 309 g/mol. The molecule has 0 aromatic heterocycles. The van der Waals surface area contributed by atoms with Crippen molar-refractivity contribution in [1.29, 1.82) is 0 Å². The minimum absolute atomic E-state index is 0.697. The van der Waals surface area contributed by atoms with Gasteiger partial charge in [0.25, 0.3) is 0 Å². The summed E-state index contributed by atoms with van der Waals surface area (Å²) >= 11 is 3.53. The Morgan fingerprint density at radius 1 is 1.33 bits per heavy atom. The molecule has 0 amide bonds. The topological polar surface area (TPSA) is 30.5 Å². The van der Waals surface area contributed by atoms with E-state index in [0.29, 0.717) is 19.8 Å². The molecule has 1 aromatic rings. The molecule has 4 heteroatoms. The lowest BCUT2D eigenvalue weighted by molar-refractivity contribution is 0.296. The Bertz CT molecular complexity index is 477. The average Bonchev–Trinajstić information content (AvgIpc) is 2.60. The Hall–Kier alpha value is -1.18. The van der Waals surface area contributed by atoms with E-state index in [4.69, 9.17) is 9.47 Å². The maximum Gasteiger partial charge on any atom is 0.175 e. The van der Waals surface area contributed by atoms with Crippen LogP contribution in [0.25, 0.3) is 0 Å². The molecule has 2 rings (SSSR count). The molecule has 0 saturated carbocycles. The fourth-order valence-electron chi connectivity index (χ4n) is 1.74. The summed E-state index contributed by atoms with van der Waals surface area (Å²) in [6.07, 6.45) is 0.917. The largest absolute Gasteiger partial charge is 0.490 e. The fraction of sp³-hybridized carbons (Fsp3) is 0.429. The van der Waals surface area contributed by atoms with E-state index in [-0.39, 0.29) is 0 Å². The molecule has 0 unspecified atom stereocenters. The van der Waals surface area contributed by atoms with Crippen molar-refractivity contribution in [3.8, 4) is 23.3 Å². The summed E-state index contributed by atoms with van der Waals surface area (Å²) in [6, 6.07) is 4.08. The van der Waals surface area contributed by atoms with Crippen LogP contribution in [0.2, 0.25) is 0 Å². The molecule has 0 spiro atoms. The highest BCUT2D eigenvalue weighted by atomic mass is 79.9. The molecular weight excluding hydrogens is 294 g/mol. The third-order valence-corrected chi connectivity index (χ3v) is 3.17. The second kappa shape index (κ2) is 6.67. The maximum absolute atomic E-state index is 5.69. The summed E-state index contributed by atoms with van der Waals surface area (Å²) in [6.45, 7) is 4.71. The third kappa shape index (κ3) is 3.41. The Labute approximate surface area is 116 Å². The number of fused-ring (bicyclic) bond motifs is 1. The van der Waals surface area contributed by atoms with Crippen LogP contribution in [-0.4, -0.2) is 19.8 Å². The van der Waals surface area contributed by atoms with Crippen molar-refractivity contribution in [3.05, 3.63) is 22.2 Å². The van der Waals surface area contributed by atoms with Gasteiger partial charge in [-0.2, -0.15) is 0 Å². The van der Waals surface area contributed by atoms with Crippen LogP contribution in [0.1, 0.15) is 18.9 Å². The van der Waals surface area contributed by atoms with E-state index < -0.39 is 0 Å². The predicted octanol–water partition coefficient (Wildman–Crippen LogP) is 2.72. The molecular formula is C14H16BrNO2. The van der Waals surface area contributed by atoms with Crippen molar-refractivity contribution in [1.82, 2.24) is 5.32 Å². The van der Waals surface area contributed by atoms with Gasteiger partial charge in [0.1, 0.15) is 0 Å². The zero-order chi connectivity index (χ0) is 12.8. The average molecular weight is 310 g/mol. The van der Waals surface area contributed by atoms with Gasteiger partial charge in [-0.3, -0.25) is 0 Å². The first kappa shape index (κ1) is 13.3. The Morgan fingerprint density at radius 3 is 3.00 bits per heavy atom. The number of hydrogen-bond donors (Lipinski definition) is 1. The third-order valence-electron chi connectivity index (χ3n) is 2.58. The number of halogens is 1. The van der Waals surface area contributed by atoms with E-state index in [1.54, 1.807) is 0 Å². The molecule has 1 N–H and O–H groups in total. The van der Waals surface area contributed by atoms with Crippen LogP contribution in [0, 0.1) is 11.8 Å². The molecule has 18 heavy (non-hydrogen) atoms. The van der Waals surface area contributed by atoms with Crippen LogP contribution in [-0.2, 0) is 6.54 Å². The van der Waals surface area contributed by atoms with E-state index in [0.717, 1.165) is 34.5 Å². The highest BCUT2D eigenvalue weighted by Gasteiger charge is 2.14. The van der Waals surface area contributed by atoms with Gasteiger partial charge in [0, 0.05) is 13.0 Å². The summed E-state index contributed by atoms with van der Waals surface area (Å²) < 4.78 is 12.3. The number of ether oxygens (including phenoxy) is 2. The van der Waals surface area contributed by atoms with Gasteiger partial charge in [-0.25, -0.2) is 0 Å². The van der Waals surface area contributed by atoms with E-state index >= 15 is 0 Å². The van der Waals surface area contributed by atoms with E-state index in [9.17, 15) is 0 Å². The molecule has 0 fully saturated rings. The second-order valence-corrected chi connectivity index (χ2v) is 4.84. The number of nitrogens with one attached hydrogen (secondary N) is 1. The van der Waals surface area contributed by atoms with Crippen molar-refractivity contribution in [2.45, 2.75) is 19.9 Å². The van der Waals surface area contributed by atoms with Gasteiger partial charge in [-0.15, -0.1) is 5.92 Å². The van der Waals surface area contributed by atoms with Crippen LogP contribution >= 0.6 is 15.9 Å². The molecule has 3 nitrogen and oxygen atoms in total. The van der Waals surface area contributed by atoms with Crippen LogP contribution < -0.4 is 14.8 Å². The summed E-state index contributed by atoms with van der Waals surface area (Å²) in [4.78, 5) is 0. The molecule has 0 atom stereocenters. The lowest BCUT2D eigenvalue weighted by atomic mass is 10.2. The minimum atomic E-state index is 0.697. The van der Waals surface area contributed by atoms with Gasteiger partial charge in [-0.1, -0.05) is 5.92 Å². The molecule has 1 aromatic carbocycles. The Morgan fingerprint density at radius 2 is 2.17 bits per heavy atom. The first-order valence-electron chi connectivity index (χ1n) is 5.99. The van der Waals surface area contributed by atoms with Crippen molar-refractivity contribution in [2.24, 2.45) is 0 Å². The van der Waals surface area contributed by atoms with Crippen LogP contribution in [0.4, 0.5) is 0 Å². The molecule has 0 saturated heterocycles. The van der Waals surface area contributed by atoms with Crippen LogP contribution in [0.3, 0.4) is 0 Å². The van der Waals surface area contributed by atoms with Crippen LogP contribution in [0.5, 0.6) is 11.5 Å². The lowest BCUT2D eigenvalue weighted by Gasteiger charge is -2.11. The number of rotatable bonds is 3. The van der Waals surface area contributed by atoms with E-state index in [2.05, 4.69) is 39.2 Å². The molecule has 96 valence electrons. The van der Waals surface area contributed by atoms with E-state index in [1.165, 1.54) is 0 Å². The summed E-state index contributed by atoms with van der Waals surface area (Å²) in [5.74, 6) is 7.46. The fourth-order valence-corrected chi connectivity index (χ4v) is 2.35. The van der Waals surface area contributed by atoms with Crippen molar-refractivity contribution >= 4 is 15.9 Å². The molecule has 1 aliphatic heterocycles. The van der Waals surface area contributed by atoms with Gasteiger partial charge in [-0.05, 0) is 40.5 Å². The molecule has 0 radical (unpaired) electrons. The van der Waals surface area contributed by atoms with Gasteiger partial charge >= 0.3 is 0 Å². The summed E-state index contributed by atoms with van der Waals surface area (Å²) in [5.41, 5.74) is 1.16. The van der Waals surface area contributed by atoms with Crippen molar-refractivity contribution in [2.75, 3.05) is 19.8 Å². The van der Waals surface area contributed by atoms with Gasteiger partial charge in [0.05, 0.1) is 24.2 Å². The Kier molecular flexibility index (Phi) is 4.91. The zero-order valence-electron chi connectivity index (χ0n) is 10.4. The van der Waals surface area contributed by atoms with Crippen molar-refractivity contribution < 1.29 is 9.47 Å². The van der Waals surface area contributed by atoms with Crippen LogP contribution in [0.15, 0.2) is 16.6 Å². The van der Waals surface area contributed by atoms with Crippen molar-refractivity contribution in [3.63, 3.8) is 0 Å². The SMILES string of the molecule is CC#CCNCc1cc(Br)c2c(c1)OCCCO2. The molecule has 1 aliphatic rings. The Balaban J connectivity index is 2.10. The highest BCUT2D eigenvalue weighted by Crippen LogP contribution is 2.38. The van der Waals surface area contributed by atoms with Gasteiger partial charge in [0.2, 0.25) is 0 Å². The summed E-state index contributed by atoms with van der Waals surface area (Å²) in [7, 11) is 0. The van der Waals surface area contributed by atoms with E-state index in [1.807, 2.05) is 13.0 Å². The number of benzene rings is 1. The highest BCUT2D eigenvalue weighted by molar-refractivity contribution is 9.10.